The smallest absolute Gasteiger partial charge is 0.308 e. The molecule has 0 saturated carbocycles. The predicted octanol–water partition coefficient (Wildman–Crippen LogP) is 2.14. The van der Waals surface area contributed by atoms with Gasteiger partial charge in [0.15, 0.2) is 0 Å². The second-order valence-electron chi connectivity index (χ2n) is 2.56. The number of rotatable bonds is 0. The van der Waals surface area contributed by atoms with Gasteiger partial charge in [-0.2, -0.15) is 0 Å². The van der Waals surface area contributed by atoms with Crippen LogP contribution in [0.1, 0.15) is 34.6 Å². The lowest BCUT2D eigenvalue weighted by Gasteiger charge is -2.08. The van der Waals surface area contributed by atoms with Crippen molar-refractivity contribution in [1.29, 1.82) is 0 Å². The molecule has 0 aliphatic carbocycles. The van der Waals surface area contributed by atoms with Gasteiger partial charge in [-0.15, -0.1) is 0 Å². The first-order valence-electron chi connectivity index (χ1n) is 3.18. The highest BCUT2D eigenvalue weighted by Gasteiger charge is 2.18. The molecule has 0 fully saturated rings. The second-order valence-corrected chi connectivity index (χ2v) is 2.56. The van der Waals surface area contributed by atoms with E-state index < -0.39 is 11.4 Å². The van der Waals surface area contributed by atoms with E-state index >= 15 is 0 Å². The molecule has 2 heteroatoms. The first-order valence-corrected chi connectivity index (χ1v) is 3.18. The van der Waals surface area contributed by atoms with Crippen LogP contribution in [0.3, 0.4) is 0 Å². The SMILES string of the molecule is CC.CC(C)(C)C(=O)O. The van der Waals surface area contributed by atoms with Crippen LogP contribution in [-0.2, 0) is 4.79 Å². The molecule has 0 aliphatic heterocycles. The quantitative estimate of drug-likeness (QED) is 0.548. The zero-order valence-corrected chi connectivity index (χ0v) is 6.86. The molecule has 0 aliphatic rings. The van der Waals surface area contributed by atoms with E-state index in [0.717, 1.165) is 0 Å². The van der Waals surface area contributed by atoms with Crippen LogP contribution < -0.4 is 0 Å². The number of aliphatic carboxylic acids is 1. The second kappa shape index (κ2) is 4.36. The molecule has 1 N–H and O–H groups in total. The third-order valence-electron chi connectivity index (χ3n) is 0.642. The molecule has 56 valence electrons. The number of carbonyl (C=O) groups is 1. The molecule has 0 aromatic carbocycles. The summed E-state index contributed by atoms with van der Waals surface area (Å²) in [5, 5.41) is 8.25. The van der Waals surface area contributed by atoms with E-state index in [-0.39, 0.29) is 0 Å². The number of carboxylic acid groups (broad SMARTS) is 1. The summed E-state index contributed by atoms with van der Waals surface area (Å²) in [5.41, 5.74) is -0.583. The van der Waals surface area contributed by atoms with Gasteiger partial charge in [-0.1, -0.05) is 13.8 Å². The average Bonchev–Trinajstić information content (AvgIpc) is 1.69. The van der Waals surface area contributed by atoms with Crippen molar-refractivity contribution in [3.05, 3.63) is 0 Å². The fourth-order valence-electron chi connectivity index (χ4n) is 0. The lowest BCUT2D eigenvalue weighted by molar-refractivity contribution is -0.145. The van der Waals surface area contributed by atoms with Crippen LogP contribution in [0.25, 0.3) is 0 Å². The molecule has 9 heavy (non-hydrogen) atoms. The Kier molecular flexibility index (Phi) is 5.47. The average molecular weight is 132 g/mol. The zero-order chi connectivity index (χ0) is 8.08. The minimum atomic E-state index is -0.757. The lowest BCUT2D eigenvalue weighted by Crippen LogP contribution is -2.18. The van der Waals surface area contributed by atoms with Gasteiger partial charge in [0.05, 0.1) is 5.41 Å². The van der Waals surface area contributed by atoms with Gasteiger partial charge in [-0.25, -0.2) is 0 Å². The van der Waals surface area contributed by atoms with Gasteiger partial charge < -0.3 is 5.11 Å². The van der Waals surface area contributed by atoms with Crippen molar-refractivity contribution >= 4 is 5.97 Å². The van der Waals surface area contributed by atoms with Crippen molar-refractivity contribution in [3.8, 4) is 0 Å². The molecular formula is C7H16O2. The van der Waals surface area contributed by atoms with E-state index in [9.17, 15) is 4.79 Å². The van der Waals surface area contributed by atoms with E-state index in [1.54, 1.807) is 20.8 Å². The van der Waals surface area contributed by atoms with Crippen molar-refractivity contribution in [1.82, 2.24) is 0 Å². The summed E-state index contributed by atoms with van der Waals surface area (Å²) in [6.45, 7) is 8.99. The maximum Gasteiger partial charge on any atom is 0.308 e. The van der Waals surface area contributed by atoms with Gasteiger partial charge >= 0.3 is 5.97 Å². The Morgan fingerprint density at radius 1 is 1.22 bits per heavy atom. The van der Waals surface area contributed by atoms with Crippen molar-refractivity contribution in [3.63, 3.8) is 0 Å². The summed E-state index contributed by atoms with van der Waals surface area (Å²) in [4.78, 5) is 10.0. The van der Waals surface area contributed by atoms with Crippen LogP contribution in [0.15, 0.2) is 0 Å². The van der Waals surface area contributed by atoms with Crippen LogP contribution in [0.4, 0.5) is 0 Å². The van der Waals surface area contributed by atoms with Crippen LogP contribution in [0.2, 0.25) is 0 Å². The van der Waals surface area contributed by atoms with Crippen LogP contribution in [-0.4, -0.2) is 11.1 Å². The minimum Gasteiger partial charge on any atom is -0.481 e. The van der Waals surface area contributed by atoms with E-state index in [2.05, 4.69) is 0 Å². The molecule has 2 nitrogen and oxygen atoms in total. The summed E-state index contributed by atoms with van der Waals surface area (Å²) in [5.74, 6) is -0.757. The molecule has 0 heterocycles. The van der Waals surface area contributed by atoms with Crippen LogP contribution >= 0.6 is 0 Å². The maximum absolute atomic E-state index is 10.0. The van der Waals surface area contributed by atoms with Crippen molar-refractivity contribution < 1.29 is 9.90 Å². The molecule has 0 bridgehead atoms. The van der Waals surface area contributed by atoms with Crippen LogP contribution in [0.5, 0.6) is 0 Å². The van der Waals surface area contributed by atoms with Gasteiger partial charge in [0.25, 0.3) is 0 Å². The van der Waals surface area contributed by atoms with Crippen molar-refractivity contribution in [2.24, 2.45) is 5.41 Å². The van der Waals surface area contributed by atoms with Gasteiger partial charge in [-0.05, 0) is 20.8 Å². The molecule has 0 rings (SSSR count). The van der Waals surface area contributed by atoms with Gasteiger partial charge in [-0.3, -0.25) is 4.79 Å². The summed E-state index contributed by atoms with van der Waals surface area (Å²) in [6, 6.07) is 0. The number of hydrogen-bond donors (Lipinski definition) is 1. The molecule has 0 amide bonds. The third kappa shape index (κ3) is 7.47. The van der Waals surface area contributed by atoms with Crippen LogP contribution in [0, 0.1) is 5.41 Å². The lowest BCUT2D eigenvalue weighted by atomic mass is 9.98. The van der Waals surface area contributed by atoms with E-state index in [4.69, 9.17) is 5.11 Å². The van der Waals surface area contributed by atoms with Gasteiger partial charge in [0.1, 0.15) is 0 Å². The molecule has 0 atom stereocenters. The maximum atomic E-state index is 10.0. The zero-order valence-electron chi connectivity index (χ0n) is 6.86. The van der Waals surface area contributed by atoms with Crippen molar-refractivity contribution in [2.75, 3.05) is 0 Å². The molecule has 0 spiro atoms. The van der Waals surface area contributed by atoms with E-state index in [1.807, 2.05) is 13.8 Å². The Bertz CT molecular complexity index is 79.4. The fourth-order valence-corrected chi connectivity index (χ4v) is 0. The Balaban J connectivity index is 0. The summed E-state index contributed by atoms with van der Waals surface area (Å²) < 4.78 is 0. The van der Waals surface area contributed by atoms with Gasteiger partial charge in [0, 0.05) is 0 Å². The summed E-state index contributed by atoms with van der Waals surface area (Å²) in [7, 11) is 0. The first-order chi connectivity index (χ1) is 3.94. The monoisotopic (exact) mass is 132 g/mol. The highest BCUT2D eigenvalue weighted by atomic mass is 16.4. The fraction of sp³-hybridized carbons (Fsp3) is 0.857. The molecule has 0 saturated heterocycles. The van der Waals surface area contributed by atoms with E-state index in [1.165, 1.54) is 0 Å². The van der Waals surface area contributed by atoms with Crippen molar-refractivity contribution in [2.45, 2.75) is 34.6 Å². The topological polar surface area (TPSA) is 37.3 Å². The summed E-state index contributed by atoms with van der Waals surface area (Å²) >= 11 is 0. The Labute approximate surface area is 56.9 Å². The molecule has 0 radical (unpaired) electrons. The minimum absolute atomic E-state index is 0.583. The number of carboxylic acids is 1. The Morgan fingerprint density at radius 3 is 1.33 bits per heavy atom. The number of hydrogen-bond acceptors (Lipinski definition) is 1. The third-order valence-corrected chi connectivity index (χ3v) is 0.642. The predicted molar refractivity (Wildman–Crippen MR) is 38.4 cm³/mol. The molecule has 0 aromatic rings. The first kappa shape index (κ1) is 11.3. The van der Waals surface area contributed by atoms with E-state index in [0.29, 0.717) is 0 Å². The Hall–Kier alpha value is -0.530. The normalized spacial score (nSPS) is 9.44. The summed E-state index contributed by atoms with van der Waals surface area (Å²) in [6.07, 6.45) is 0. The molecule has 0 aromatic heterocycles. The standard InChI is InChI=1S/C5H10O2.C2H6/c1-5(2,3)4(6)7;1-2/h1-3H3,(H,6,7);1-2H3. The van der Waals surface area contributed by atoms with Gasteiger partial charge in [0.2, 0.25) is 0 Å². The molecule has 0 unspecified atom stereocenters. The molecular weight excluding hydrogens is 116 g/mol. The Morgan fingerprint density at radius 2 is 1.33 bits per heavy atom. The highest BCUT2D eigenvalue weighted by Crippen LogP contribution is 2.11. The largest absolute Gasteiger partial charge is 0.481 e. The highest BCUT2D eigenvalue weighted by molar-refractivity contribution is 5.72.